The van der Waals surface area contributed by atoms with Crippen LogP contribution in [0, 0.1) is 5.92 Å². The van der Waals surface area contributed by atoms with Gasteiger partial charge in [-0.3, -0.25) is 4.79 Å². The largest absolute Gasteiger partial charge is 0.340 e. The molecule has 0 aromatic heterocycles. The molecule has 0 aromatic carbocycles. The zero-order chi connectivity index (χ0) is 13.7. The van der Waals surface area contributed by atoms with Crippen LogP contribution in [0.15, 0.2) is 0 Å². The highest BCUT2D eigenvalue weighted by atomic mass is 16.2. The molecule has 1 aliphatic heterocycles. The third-order valence-electron chi connectivity index (χ3n) is 4.05. The highest BCUT2D eigenvalue weighted by Crippen LogP contribution is 2.16. The first-order valence-corrected chi connectivity index (χ1v) is 7.22. The van der Waals surface area contributed by atoms with Gasteiger partial charge in [-0.25, -0.2) is 0 Å². The summed E-state index contributed by atoms with van der Waals surface area (Å²) < 4.78 is 0. The Hall–Kier alpha value is -0.610. The van der Waals surface area contributed by atoms with Crippen molar-refractivity contribution in [3.8, 4) is 0 Å². The van der Waals surface area contributed by atoms with Crippen molar-refractivity contribution in [3.63, 3.8) is 0 Å². The fourth-order valence-corrected chi connectivity index (χ4v) is 2.50. The maximum atomic E-state index is 12.3. The highest BCUT2D eigenvalue weighted by Gasteiger charge is 2.27. The van der Waals surface area contributed by atoms with E-state index in [1.807, 2.05) is 25.7 Å². The van der Waals surface area contributed by atoms with Crippen LogP contribution in [0.2, 0.25) is 0 Å². The molecule has 2 N–H and O–H groups in total. The highest BCUT2D eigenvalue weighted by molar-refractivity contribution is 5.81. The monoisotopic (exact) mass is 255 g/mol. The Bertz CT molecular complexity index is 268. The van der Waals surface area contributed by atoms with Crippen LogP contribution in [0.3, 0.4) is 0 Å². The van der Waals surface area contributed by atoms with Crippen LogP contribution in [0.1, 0.15) is 40.0 Å². The number of amides is 1. The minimum Gasteiger partial charge on any atom is -0.340 e. The quantitative estimate of drug-likeness (QED) is 0.805. The van der Waals surface area contributed by atoms with Crippen LogP contribution >= 0.6 is 0 Å². The molecule has 1 rings (SSSR count). The van der Waals surface area contributed by atoms with E-state index < -0.39 is 0 Å². The molecule has 2 atom stereocenters. The Morgan fingerprint density at radius 2 is 2.11 bits per heavy atom. The number of hydrogen-bond donors (Lipinski definition) is 1. The number of hydrogen-bond acceptors (Lipinski definition) is 3. The Morgan fingerprint density at radius 1 is 1.44 bits per heavy atom. The standard InChI is InChI=1S/C14H29N3O/c1-5-17(14(18)13(15)11(2)3)10-12-8-6-7-9-16(12)4/h11-13H,5-10,15H2,1-4H3/t12?,13-/m0/s1. The third kappa shape index (κ3) is 3.95. The van der Waals surface area contributed by atoms with Crippen molar-refractivity contribution in [2.45, 2.75) is 52.1 Å². The fraction of sp³-hybridized carbons (Fsp3) is 0.929. The minimum atomic E-state index is -0.362. The van der Waals surface area contributed by atoms with Crippen LogP contribution in [0.4, 0.5) is 0 Å². The normalized spacial score (nSPS) is 23.1. The van der Waals surface area contributed by atoms with E-state index >= 15 is 0 Å². The van der Waals surface area contributed by atoms with Crippen molar-refractivity contribution < 1.29 is 4.79 Å². The average Bonchev–Trinajstić information content (AvgIpc) is 2.36. The van der Waals surface area contributed by atoms with Crippen molar-refractivity contribution in [1.82, 2.24) is 9.80 Å². The minimum absolute atomic E-state index is 0.103. The molecule has 1 amide bonds. The van der Waals surface area contributed by atoms with Gasteiger partial charge in [0.25, 0.3) is 0 Å². The van der Waals surface area contributed by atoms with Crippen LogP contribution < -0.4 is 5.73 Å². The predicted octanol–water partition coefficient (Wildman–Crippen LogP) is 1.30. The lowest BCUT2D eigenvalue weighted by atomic mass is 10.0. The van der Waals surface area contributed by atoms with Crippen molar-refractivity contribution in [1.29, 1.82) is 0 Å². The van der Waals surface area contributed by atoms with Gasteiger partial charge in [-0.2, -0.15) is 0 Å². The Balaban J connectivity index is 2.57. The molecule has 0 saturated carbocycles. The van der Waals surface area contributed by atoms with E-state index in [2.05, 4.69) is 11.9 Å². The van der Waals surface area contributed by atoms with E-state index in [4.69, 9.17) is 5.73 Å². The molecular weight excluding hydrogens is 226 g/mol. The molecule has 1 aliphatic rings. The van der Waals surface area contributed by atoms with Gasteiger partial charge >= 0.3 is 0 Å². The topological polar surface area (TPSA) is 49.6 Å². The van der Waals surface area contributed by atoms with Gasteiger partial charge in [0, 0.05) is 19.1 Å². The second-order valence-electron chi connectivity index (χ2n) is 5.78. The van der Waals surface area contributed by atoms with Gasteiger partial charge in [0.1, 0.15) is 0 Å². The fourth-order valence-electron chi connectivity index (χ4n) is 2.50. The number of carbonyl (C=O) groups excluding carboxylic acids is 1. The van der Waals surface area contributed by atoms with E-state index in [0.29, 0.717) is 6.04 Å². The molecule has 1 saturated heterocycles. The van der Waals surface area contributed by atoms with Crippen molar-refractivity contribution in [2.75, 3.05) is 26.7 Å². The maximum Gasteiger partial charge on any atom is 0.239 e. The van der Waals surface area contributed by atoms with E-state index in [0.717, 1.165) is 19.6 Å². The third-order valence-corrected chi connectivity index (χ3v) is 4.05. The first-order chi connectivity index (χ1) is 8.47. The molecule has 0 aliphatic carbocycles. The van der Waals surface area contributed by atoms with Gasteiger partial charge in [-0.1, -0.05) is 20.3 Å². The summed E-state index contributed by atoms with van der Waals surface area (Å²) in [6, 6.07) is 0.140. The Morgan fingerprint density at radius 3 is 2.61 bits per heavy atom. The SMILES string of the molecule is CCN(CC1CCCCN1C)C(=O)[C@@H](N)C(C)C. The van der Waals surface area contributed by atoms with Crippen LogP contribution in [-0.4, -0.2) is 54.5 Å². The predicted molar refractivity (Wildman–Crippen MR) is 75.3 cm³/mol. The molecule has 0 radical (unpaired) electrons. The molecular formula is C14H29N3O. The molecule has 18 heavy (non-hydrogen) atoms. The lowest BCUT2D eigenvalue weighted by Crippen LogP contribution is -2.52. The van der Waals surface area contributed by atoms with Gasteiger partial charge in [0.2, 0.25) is 5.91 Å². The molecule has 0 bridgehead atoms. The zero-order valence-corrected chi connectivity index (χ0v) is 12.4. The number of nitrogens with zero attached hydrogens (tertiary/aromatic N) is 2. The summed E-state index contributed by atoms with van der Waals surface area (Å²) in [4.78, 5) is 16.6. The number of likely N-dealkylation sites (tertiary alicyclic amines) is 1. The maximum absolute atomic E-state index is 12.3. The molecule has 4 heteroatoms. The number of carbonyl (C=O) groups is 1. The second-order valence-corrected chi connectivity index (χ2v) is 5.78. The number of rotatable bonds is 5. The molecule has 106 valence electrons. The number of piperidine rings is 1. The first kappa shape index (κ1) is 15.4. The van der Waals surface area contributed by atoms with E-state index in [-0.39, 0.29) is 17.9 Å². The van der Waals surface area contributed by atoms with Crippen LogP contribution in [0.25, 0.3) is 0 Å². The molecule has 4 nitrogen and oxygen atoms in total. The summed E-state index contributed by atoms with van der Waals surface area (Å²) in [5.74, 6) is 0.308. The average molecular weight is 255 g/mol. The van der Waals surface area contributed by atoms with Crippen molar-refractivity contribution in [3.05, 3.63) is 0 Å². The molecule has 1 unspecified atom stereocenters. The molecule has 0 spiro atoms. The van der Waals surface area contributed by atoms with E-state index in [9.17, 15) is 4.79 Å². The summed E-state index contributed by atoms with van der Waals surface area (Å²) in [5, 5.41) is 0. The summed E-state index contributed by atoms with van der Waals surface area (Å²) in [5.41, 5.74) is 5.97. The number of likely N-dealkylation sites (N-methyl/N-ethyl adjacent to an activating group) is 2. The molecule has 1 fully saturated rings. The van der Waals surface area contributed by atoms with Gasteiger partial charge in [0.15, 0.2) is 0 Å². The van der Waals surface area contributed by atoms with Gasteiger partial charge in [-0.05, 0) is 39.3 Å². The van der Waals surface area contributed by atoms with Gasteiger partial charge in [-0.15, -0.1) is 0 Å². The Kier molecular flexibility index (Phi) is 6.09. The van der Waals surface area contributed by atoms with Crippen LogP contribution in [0.5, 0.6) is 0 Å². The summed E-state index contributed by atoms with van der Waals surface area (Å²) in [6.07, 6.45) is 3.74. The van der Waals surface area contributed by atoms with Crippen molar-refractivity contribution in [2.24, 2.45) is 11.7 Å². The summed E-state index contributed by atoms with van der Waals surface area (Å²) >= 11 is 0. The first-order valence-electron chi connectivity index (χ1n) is 7.22. The van der Waals surface area contributed by atoms with Gasteiger partial charge in [0.05, 0.1) is 6.04 Å². The zero-order valence-electron chi connectivity index (χ0n) is 12.4. The van der Waals surface area contributed by atoms with E-state index in [1.165, 1.54) is 19.3 Å². The second kappa shape index (κ2) is 7.10. The smallest absolute Gasteiger partial charge is 0.239 e. The lowest BCUT2D eigenvalue weighted by Gasteiger charge is -2.37. The summed E-state index contributed by atoms with van der Waals surface area (Å²) in [6.45, 7) is 8.77. The molecule has 1 heterocycles. The lowest BCUT2D eigenvalue weighted by molar-refractivity contribution is -0.134. The summed E-state index contributed by atoms with van der Waals surface area (Å²) in [7, 11) is 2.16. The van der Waals surface area contributed by atoms with E-state index in [1.54, 1.807) is 0 Å². The molecule has 0 aromatic rings. The Labute approximate surface area is 111 Å². The van der Waals surface area contributed by atoms with Crippen molar-refractivity contribution >= 4 is 5.91 Å². The van der Waals surface area contributed by atoms with Crippen LogP contribution in [-0.2, 0) is 4.79 Å². The van der Waals surface area contributed by atoms with Gasteiger partial charge < -0.3 is 15.5 Å². The number of nitrogens with two attached hydrogens (primary N) is 1.